The predicted molar refractivity (Wildman–Crippen MR) is 96.4 cm³/mol. The molecule has 0 heterocycles. The van der Waals surface area contributed by atoms with Gasteiger partial charge >= 0.3 is 0 Å². The zero-order valence-electron chi connectivity index (χ0n) is 14.6. The molecule has 1 amide bonds. The summed E-state index contributed by atoms with van der Waals surface area (Å²) < 4.78 is 0. The molecule has 1 aromatic carbocycles. The van der Waals surface area contributed by atoms with Crippen molar-refractivity contribution in [2.24, 2.45) is 0 Å². The lowest BCUT2D eigenvalue weighted by molar-refractivity contribution is -0.127. The van der Waals surface area contributed by atoms with Gasteiger partial charge in [-0.2, -0.15) is 0 Å². The molecule has 0 spiro atoms. The Balaban J connectivity index is 2.50. The van der Waals surface area contributed by atoms with E-state index >= 15 is 0 Å². The number of nitrogens with one attached hydrogen (secondary N) is 1. The number of amides is 1. The molecule has 0 aliphatic carbocycles. The van der Waals surface area contributed by atoms with E-state index in [0.29, 0.717) is 0 Å². The van der Waals surface area contributed by atoms with Crippen LogP contribution < -0.4 is 5.32 Å². The normalized spacial score (nSPS) is 13.2. The van der Waals surface area contributed by atoms with E-state index in [1.165, 1.54) is 4.90 Å². The van der Waals surface area contributed by atoms with E-state index in [-0.39, 0.29) is 17.5 Å². The van der Waals surface area contributed by atoms with Crippen LogP contribution in [0.2, 0.25) is 0 Å². The minimum atomic E-state index is -0.178. The van der Waals surface area contributed by atoms with Crippen LogP contribution in [0.25, 0.3) is 0 Å². The number of thioether (sulfide) groups is 1. The second-order valence-corrected chi connectivity index (χ2v) is 7.85. The Kier molecular flexibility index (Phi) is 7.97. The van der Waals surface area contributed by atoms with Gasteiger partial charge in [0, 0.05) is 22.7 Å². The molecule has 1 unspecified atom stereocenters. The number of nitrogens with zero attached hydrogens (tertiary/aromatic N) is 1. The Bertz CT molecular complexity index is 442. The molecule has 0 aromatic heterocycles. The van der Waals surface area contributed by atoms with Crippen LogP contribution in [0.3, 0.4) is 0 Å². The van der Waals surface area contributed by atoms with Crippen LogP contribution in [-0.4, -0.2) is 41.7 Å². The minimum absolute atomic E-state index is 0.0411. The van der Waals surface area contributed by atoms with Crippen molar-refractivity contribution < 1.29 is 4.79 Å². The Hall–Kier alpha value is -1.00. The highest BCUT2D eigenvalue weighted by Crippen LogP contribution is 2.17. The summed E-state index contributed by atoms with van der Waals surface area (Å²) in [6.07, 6.45) is 1.91. The van der Waals surface area contributed by atoms with Gasteiger partial charge in [-0.1, -0.05) is 31.5 Å². The first kappa shape index (κ1) is 19.0. The third kappa shape index (κ3) is 7.32. The van der Waals surface area contributed by atoms with Gasteiger partial charge in [-0.3, -0.25) is 9.69 Å². The lowest BCUT2D eigenvalue weighted by atomic mass is 10.1. The highest BCUT2D eigenvalue weighted by Gasteiger charge is 2.25. The van der Waals surface area contributed by atoms with E-state index in [1.807, 2.05) is 45.6 Å². The first-order chi connectivity index (χ1) is 10.3. The lowest BCUT2D eigenvalue weighted by Gasteiger charge is -2.30. The first-order valence-electron chi connectivity index (χ1n) is 8.03. The quantitative estimate of drug-likeness (QED) is 0.739. The van der Waals surface area contributed by atoms with Gasteiger partial charge in [0.05, 0.1) is 6.04 Å². The number of carbonyl (C=O) groups excluding carboxylic acids is 1. The van der Waals surface area contributed by atoms with E-state index in [4.69, 9.17) is 0 Å². The highest BCUT2D eigenvalue weighted by molar-refractivity contribution is 7.99. The number of rotatable bonds is 8. The fraction of sp³-hybridized carbons (Fsp3) is 0.611. The summed E-state index contributed by atoms with van der Waals surface area (Å²) in [5, 5.41) is 3.11. The smallest absolute Gasteiger partial charge is 0.237 e. The van der Waals surface area contributed by atoms with E-state index < -0.39 is 0 Å². The van der Waals surface area contributed by atoms with Crippen molar-refractivity contribution in [1.29, 1.82) is 0 Å². The van der Waals surface area contributed by atoms with E-state index in [1.54, 1.807) is 0 Å². The molecule has 124 valence electrons. The maximum absolute atomic E-state index is 12.5. The Morgan fingerprint density at radius 3 is 2.45 bits per heavy atom. The molecule has 1 aromatic rings. The van der Waals surface area contributed by atoms with Crippen LogP contribution in [0.4, 0.5) is 0 Å². The average molecular weight is 323 g/mol. The maximum Gasteiger partial charge on any atom is 0.237 e. The molecule has 0 aliphatic rings. The van der Waals surface area contributed by atoms with Crippen molar-refractivity contribution in [2.75, 3.05) is 19.3 Å². The highest BCUT2D eigenvalue weighted by atomic mass is 32.2. The molecule has 4 heteroatoms. The van der Waals surface area contributed by atoms with Crippen molar-refractivity contribution >= 4 is 17.7 Å². The number of hydrogen-bond acceptors (Lipinski definition) is 3. The molecule has 22 heavy (non-hydrogen) atoms. The van der Waals surface area contributed by atoms with Crippen LogP contribution in [-0.2, 0) is 4.79 Å². The fourth-order valence-electron chi connectivity index (χ4n) is 2.26. The van der Waals surface area contributed by atoms with Crippen LogP contribution in [0.5, 0.6) is 0 Å². The van der Waals surface area contributed by atoms with Gasteiger partial charge < -0.3 is 5.32 Å². The first-order valence-corrected chi connectivity index (χ1v) is 9.02. The van der Waals surface area contributed by atoms with Gasteiger partial charge in [0.1, 0.15) is 0 Å². The summed E-state index contributed by atoms with van der Waals surface area (Å²) in [6, 6.07) is 10.4. The van der Waals surface area contributed by atoms with Gasteiger partial charge in [-0.05, 0) is 46.4 Å². The third-order valence-electron chi connectivity index (χ3n) is 3.35. The predicted octanol–water partition coefficient (Wildman–Crippen LogP) is 3.79. The zero-order chi connectivity index (χ0) is 16.6. The zero-order valence-corrected chi connectivity index (χ0v) is 15.4. The standard InChI is InChI=1S/C18H30N2OS/c1-6-10-16(17(21)19-18(2,3)4)20(5)13-14-22-15-11-8-7-9-12-15/h7-9,11-12,16H,6,10,13-14H2,1-5H3,(H,19,21). The molecule has 1 N–H and O–H groups in total. The Morgan fingerprint density at radius 2 is 1.91 bits per heavy atom. The van der Waals surface area contributed by atoms with E-state index in [2.05, 4.69) is 41.4 Å². The van der Waals surface area contributed by atoms with E-state index in [9.17, 15) is 4.79 Å². The summed E-state index contributed by atoms with van der Waals surface area (Å²) >= 11 is 1.84. The van der Waals surface area contributed by atoms with Gasteiger partial charge in [-0.25, -0.2) is 0 Å². The second-order valence-electron chi connectivity index (χ2n) is 6.69. The second kappa shape index (κ2) is 9.21. The molecular formula is C18H30N2OS. The molecule has 1 atom stereocenters. The molecular weight excluding hydrogens is 292 g/mol. The summed E-state index contributed by atoms with van der Waals surface area (Å²) in [4.78, 5) is 15.9. The monoisotopic (exact) mass is 322 g/mol. The number of likely N-dealkylation sites (N-methyl/N-ethyl adjacent to an activating group) is 1. The molecule has 0 aliphatic heterocycles. The van der Waals surface area contributed by atoms with E-state index in [0.717, 1.165) is 25.1 Å². The maximum atomic E-state index is 12.5. The van der Waals surface area contributed by atoms with Crippen LogP contribution in [0.15, 0.2) is 35.2 Å². The van der Waals surface area contributed by atoms with Gasteiger partial charge in [-0.15, -0.1) is 11.8 Å². The molecule has 0 bridgehead atoms. The fourth-order valence-corrected chi connectivity index (χ4v) is 3.22. The summed E-state index contributed by atoms with van der Waals surface area (Å²) in [5.74, 6) is 1.13. The van der Waals surface area contributed by atoms with Crippen LogP contribution in [0, 0.1) is 0 Å². The van der Waals surface area contributed by atoms with Gasteiger partial charge in [0.25, 0.3) is 0 Å². The van der Waals surface area contributed by atoms with Crippen molar-refractivity contribution in [3.05, 3.63) is 30.3 Å². The molecule has 0 saturated heterocycles. The van der Waals surface area contributed by atoms with Crippen molar-refractivity contribution in [2.45, 2.75) is 57.0 Å². The minimum Gasteiger partial charge on any atom is -0.350 e. The summed E-state index contributed by atoms with van der Waals surface area (Å²) in [5.41, 5.74) is -0.178. The van der Waals surface area contributed by atoms with Gasteiger partial charge in [0.2, 0.25) is 5.91 Å². The third-order valence-corrected chi connectivity index (χ3v) is 4.34. The SMILES string of the molecule is CCCC(C(=O)NC(C)(C)C)N(C)CCSc1ccccc1. The topological polar surface area (TPSA) is 32.3 Å². The number of benzene rings is 1. The number of carbonyl (C=O) groups is 1. The number of hydrogen-bond donors (Lipinski definition) is 1. The Labute approximate surface area is 139 Å². The van der Waals surface area contributed by atoms with Gasteiger partial charge in [0.15, 0.2) is 0 Å². The Morgan fingerprint density at radius 1 is 1.27 bits per heavy atom. The molecule has 1 rings (SSSR count). The summed E-state index contributed by atoms with van der Waals surface area (Å²) in [6.45, 7) is 9.11. The van der Waals surface area contributed by atoms with Crippen LogP contribution >= 0.6 is 11.8 Å². The van der Waals surface area contributed by atoms with Crippen LogP contribution in [0.1, 0.15) is 40.5 Å². The summed E-state index contributed by atoms with van der Waals surface area (Å²) in [7, 11) is 2.05. The average Bonchev–Trinajstić information content (AvgIpc) is 2.43. The molecule has 0 radical (unpaired) electrons. The molecule has 3 nitrogen and oxygen atoms in total. The van der Waals surface area contributed by atoms with Crippen molar-refractivity contribution in [3.63, 3.8) is 0 Å². The molecule has 0 saturated carbocycles. The van der Waals surface area contributed by atoms with Crippen molar-refractivity contribution in [3.8, 4) is 0 Å². The lowest BCUT2D eigenvalue weighted by Crippen LogP contribution is -2.51. The van der Waals surface area contributed by atoms with Crippen molar-refractivity contribution in [1.82, 2.24) is 10.2 Å². The largest absolute Gasteiger partial charge is 0.350 e. The molecule has 0 fully saturated rings.